The Labute approximate surface area is 171 Å². The van der Waals surface area contributed by atoms with Crippen LogP contribution in [0.1, 0.15) is 21.6 Å². The maximum atomic E-state index is 12.3. The third kappa shape index (κ3) is 5.35. The molecule has 1 heterocycles. The third-order valence-electron chi connectivity index (χ3n) is 3.71. The number of hydrazone groups is 1. The van der Waals surface area contributed by atoms with E-state index >= 15 is 0 Å². The van der Waals surface area contributed by atoms with Gasteiger partial charge in [0.15, 0.2) is 5.16 Å². The van der Waals surface area contributed by atoms with Crippen molar-refractivity contribution in [2.24, 2.45) is 12.1 Å². The number of halogens is 2. The van der Waals surface area contributed by atoms with Gasteiger partial charge in [-0.2, -0.15) is 5.10 Å². The van der Waals surface area contributed by atoms with Crippen molar-refractivity contribution < 1.29 is 4.79 Å². The Bertz CT molecular complexity index is 953. The lowest BCUT2D eigenvalue weighted by atomic mass is 10.2. The minimum absolute atomic E-state index is 0.325. The highest BCUT2D eigenvalue weighted by atomic mass is 35.5. The Morgan fingerprint density at radius 3 is 2.44 bits per heavy atom. The summed E-state index contributed by atoms with van der Waals surface area (Å²) in [5.41, 5.74) is 4.91. The summed E-state index contributed by atoms with van der Waals surface area (Å²) in [6, 6.07) is 14.8. The molecule has 5 nitrogen and oxygen atoms in total. The van der Waals surface area contributed by atoms with Crippen LogP contribution in [-0.4, -0.2) is 21.7 Å². The van der Waals surface area contributed by atoms with E-state index in [0.29, 0.717) is 15.7 Å². The second-order valence-corrected chi connectivity index (χ2v) is 7.47. The van der Waals surface area contributed by atoms with Gasteiger partial charge in [0.25, 0.3) is 5.91 Å². The van der Waals surface area contributed by atoms with Gasteiger partial charge in [-0.3, -0.25) is 4.79 Å². The van der Waals surface area contributed by atoms with Crippen LogP contribution < -0.4 is 5.43 Å². The van der Waals surface area contributed by atoms with Gasteiger partial charge in [-0.1, -0.05) is 59.2 Å². The van der Waals surface area contributed by atoms with Gasteiger partial charge in [0.05, 0.1) is 12.4 Å². The van der Waals surface area contributed by atoms with Crippen molar-refractivity contribution in [3.05, 3.63) is 81.6 Å². The summed E-state index contributed by atoms with van der Waals surface area (Å²) in [6.07, 6.45) is 3.10. The summed E-state index contributed by atoms with van der Waals surface area (Å²) in [6.45, 7) is 0. The minimum Gasteiger partial charge on any atom is -0.318 e. The lowest BCUT2D eigenvalue weighted by Gasteiger charge is -2.05. The van der Waals surface area contributed by atoms with Gasteiger partial charge in [0, 0.05) is 22.8 Å². The molecule has 3 aromatic rings. The fraction of sp³-hybridized carbons (Fsp3) is 0.105. The molecule has 0 unspecified atom stereocenters. The molecule has 0 radical (unpaired) electrons. The molecule has 3 rings (SSSR count). The number of hydrogen-bond donors (Lipinski definition) is 1. The van der Waals surface area contributed by atoms with Crippen molar-refractivity contribution in [3.8, 4) is 0 Å². The van der Waals surface area contributed by atoms with Gasteiger partial charge in [0.1, 0.15) is 5.69 Å². The maximum absolute atomic E-state index is 12.3. The molecule has 27 heavy (non-hydrogen) atoms. The number of imidazole rings is 1. The molecule has 2 aromatic carbocycles. The third-order valence-corrected chi connectivity index (χ3v) is 5.33. The minimum atomic E-state index is -0.325. The van der Waals surface area contributed by atoms with Crippen molar-refractivity contribution in [2.45, 2.75) is 10.9 Å². The summed E-state index contributed by atoms with van der Waals surface area (Å²) in [5, 5.41) is 6.07. The molecule has 0 aliphatic rings. The van der Waals surface area contributed by atoms with Crippen LogP contribution in [0.2, 0.25) is 10.0 Å². The zero-order valence-corrected chi connectivity index (χ0v) is 16.7. The van der Waals surface area contributed by atoms with Crippen molar-refractivity contribution in [3.63, 3.8) is 0 Å². The average Bonchev–Trinajstić information content (AvgIpc) is 3.03. The number of amides is 1. The first-order chi connectivity index (χ1) is 13.0. The van der Waals surface area contributed by atoms with Crippen molar-refractivity contribution in [1.82, 2.24) is 15.0 Å². The number of nitrogens with one attached hydrogen (secondary N) is 1. The van der Waals surface area contributed by atoms with E-state index in [-0.39, 0.29) is 5.91 Å². The molecule has 0 saturated carbocycles. The molecule has 0 aliphatic carbocycles. The molecule has 138 valence electrons. The second-order valence-electron chi connectivity index (χ2n) is 5.65. The zero-order valence-electron chi connectivity index (χ0n) is 14.4. The summed E-state index contributed by atoms with van der Waals surface area (Å²) < 4.78 is 1.74. The quantitative estimate of drug-likeness (QED) is 0.355. The highest BCUT2D eigenvalue weighted by molar-refractivity contribution is 7.98. The number of hydrogen-bond acceptors (Lipinski definition) is 4. The number of nitrogens with zero attached hydrogens (tertiary/aromatic N) is 3. The Hall–Kier alpha value is -2.28. The van der Waals surface area contributed by atoms with Gasteiger partial charge in [0.2, 0.25) is 0 Å². The molecule has 8 heteroatoms. The number of thioether (sulfide) groups is 1. The summed E-state index contributed by atoms with van der Waals surface area (Å²) in [4.78, 5) is 16.6. The predicted molar refractivity (Wildman–Crippen MR) is 111 cm³/mol. The van der Waals surface area contributed by atoms with Crippen LogP contribution in [0.4, 0.5) is 0 Å². The molecular formula is C19H16Cl2N4OS. The van der Waals surface area contributed by atoms with Gasteiger partial charge < -0.3 is 4.57 Å². The first-order valence-corrected chi connectivity index (χ1v) is 9.75. The Kier molecular flexibility index (Phi) is 6.55. The molecular weight excluding hydrogens is 403 g/mol. The first kappa shape index (κ1) is 19.5. The number of rotatable bonds is 6. The van der Waals surface area contributed by atoms with Gasteiger partial charge in [-0.15, -0.1) is 0 Å². The largest absolute Gasteiger partial charge is 0.318 e. The van der Waals surface area contributed by atoms with Crippen LogP contribution in [0.15, 0.2) is 65.0 Å². The van der Waals surface area contributed by atoms with E-state index in [9.17, 15) is 4.79 Å². The lowest BCUT2D eigenvalue weighted by molar-refractivity contribution is 0.0946. The highest BCUT2D eigenvalue weighted by Gasteiger charge is 2.13. The smallest absolute Gasteiger partial charge is 0.289 e. The van der Waals surface area contributed by atoms with Gasteiger partial charge in [-0.25, -0.2) is 10.4 Å². The molecule has 1 N–H and O–H groups in total. The molecule has 0 atom stereocenters. The van der Waals surface area contributed by atoms with E-state index in [4.69, 9.17) is 23.2 Å². The van der Waals surface area contributed by atoms with Crippen LogP contribution in [0.5, 0.6) is 0 Å². The van der Waals surface area contributed by atoms with E-state index in [2.05, 4.69) is 15.5 Å². The van der Waals surface area contributed by atoms with Crippen LogP contribution in [0.25, 0.3) is 0 Å². The number of carbonyl (C=O) groups excluding carboxylic acids is 1. The first-order valence-electron chi connectivity index (χ1n) is 8.01. The normalized spacial score (nSPS) is 11.1. The van der Waals surface area contributed by atoms with Crippen molar-refractivity contribution in [1.29, 1.82) is 0 Å². The van der Waals surface area contributed by atoms with E-state index in [1.54, 1.807) is 41.7 Å². The maximum Gasteiger partial charge on any atom is 0.289 e. The van der Waals surface area contributed by atoms with E-state index in [0.717, 1.165) is 22.0 Å². The topological polar surface area (TPSA) is 59.3 Å². The highest BCUT2D eigenvalue weighted by Crippen LogP contribution is 2.23. The summed E-state index contributed by atoms with van der Waals surface area (Å²) in [5.74, 6) is 0.409. The second kappa shape index (κ2) is 9.08. The Morgan fingerprint density at radius 2 is 1.78 bits per heavy atom. The summed E-state index contributed by atoms with van der Waals surface area (Å²) >= 11 is 13.3. The van der Waals surface area contributed by atoms with Gasteiger partial charge >= 0.3 is 0 Å². The van der Waals surface area contributed by atoms with E-state index in [1.807, 2.05) is 36.4 Å². The number of aromatic nitrogens is 2. The summed E-state index contributed by atoms with van der Waals surface area (Å²) in [7, 11) is 1.80. The van der Waals surface area contributed by atoms with Crippen LogP contribution in [0.3, 0.4) is 0 Å². The zero-order chi connectivity index (χ0) is 19.2. The fourth-order valence-corrected chi connectivity index (χ4v) is 3.40. The van der Waals surface area contributed by atoms with Gasteiger partial charge in [-0.05, 0) is 35.4 Å². The van der Waals surface area contributed by atoms with Crippen LogP contribution in [-0.2, 0) is 12.8 Å². The lowest BCUT2D eigenvalue weighted by Crippen LogP contribution is -2.20. The molecule has 1 aromatic heterocycles. The molecule has 0 saturated heterocycles. The standard InChI is InChI=1S/C19H16Cl2N4OS/c1-25-17(18(26)24-23-10-13-2-6-15(20)7-3-13)11-22-19(25)27-12-14-4-8-16(21)9-5-14/h2-11H,12H2,1H3,(H,24,26)/b23-10+. The Morgan fingerprint density at radius 1 is 1.15 bits per heavy atom. The number of carbonyl (C=O) groups is 1. The SMILES string of the molecule is Cn1c(C(=O)N/N=C/c2ccc(Cl)cc2)cnc1SCc1ccc(Cl)cc1. The van der Waals surface area contributed by atoms with E-state index < -0.39 is 0 Å². The van der Waals surface area contributed by atoms with Crippen molar-refractivity contribution >= 4 is 47.1 Å². The molecule has 0 aliphatic heterocycles. The molecule has 0 fully saturated rings. The molecule has 0 bridgehead atoms. The van der Waals surface area contributed by atoms with E-state index in [1.165, 1.54) is 6.20 Å². The Balaban J connectivity index is 1.59. The number of benzene rings is 2. The molecule has 0 spiro atoms. The van der Waals surface area contributed by atoms with Crippen molar-refractivity contribution in [2.75, 3.05) is 0 Å². The predicted octanol–water partition coefficient (Wildman–Crippen LogP) is 4.78. The fourth-order valence-electron chi connectivity index (χ4n) is 2.24. The monoisotopic (exact) mass is 418 g/mol. The van der Waals surface area contributed by atoms with Crippen LogP contribution >= 0.6 is 35.0 Å². The molecule has 1 amide bonds. The average molecular weight is 419 g/mol. The van der Waals surface area contributed by atoms with Crippen LogP contribution in [0, 0.1) is 0 Å².